The second kappa shape index (κ2) is 5.29. The van der Waals surface area contributed by atoms with Crippen molar-refractivity contribution in [1.82, 2.24) is 0 Å². The summed E-state index contributed by atoms with van der Waals surface area (Å²) in [5.41, 5.74) is 2.37. The Hall–Kier alpha value is -0.643. The quantitative estimate of drug-likeness (QED) is 0.537. The van der Waals surface area contributed by atoms with Gasteiger partial charge < -0.3 is 5.11 Å². The smallest absolute Gasteiger partial charge is 0.875 e. The predicted octanol–water partition coefficient (Wildman–Crippen LogP) is -0.969. The molecule has 1 aromatic carbocycles. The van der Waals surface area contributed by atoms with E-state index >= 15 is 0 Å². The van der Waals surface area contributed by atoms with Gasteiger partial charge in [0, 0.05) is 0 Å². The van der Waals surface area contributed by atoms with Gasteiger partial charge in [-0.15, -0.1) is 5.76 Å². The Morgan fingerprint density at radius 2 is 1.79 bits per heavy atom. The molecule has 0 aromatic heterocycles. The molecular weight excluding hydrogens is 167 g/mol. The summed E-state index contributed by atoms with van der Waals surface area (Å²) >= 11 is 0. The molecule has 2 rings (SSSR count). The topological polar surface area (TPSA) is 23.1 Å². The summed E-state index contributed by atoms with van der Waals surface area (Å²) in [6, 6.07) is 10.2. The van der Waals surface area contributed by atoms with E-state index in [4.69, 9.17) is 0 Å². The maximum Gasteiger partial charge on any atom is 1.00 e. The Morgan fingerprint density at radius 3 is 2.36 bits per heavy atom. The molecule has 0 bridgehead atoms. The van der Waals surface area contributed by atoms with Gasteiger partial charge in [0.2, 0.25) is 0 Å². The van der Waals surface area contributed by atoms with Gasteiger partial charge in [0.25, 0.3) is 0 Å². The molecule has 0 spiro atoms. The minimum Gasteiger partial charge on any atom is -0.875 e. The van der Waals surface area contributed by atoms with Crippen molar-refractivity contribution < 1.29 is 24.0 Å². The molecule has 1 aliphatic carbocycles. The Morgan fingerprint density at radius 1 is 1.07 bits per heavy atom. The molecule has 0 radical (unpaired) electrons. The second-order valence-corrected chi connectivity index (χ2v) is 3.54. The van der Waals surface area contributed by atoms with Gasteiger partial charge in [0.05, 0.1) is 0 Å². The number of allylic oxidation sites excluding steroid dienone is 2. The molecule has 0 saturated heterocycles. The van der Waals surface area contributed by atoms with Crippen molar-refractivity contribution in [1.29, 1.82) is 0 Å². The Labute approximate surface area is 97.0 Å². The first kappa shape index (κ1) is 11.4. The summed E-state index contributed by atoms with van der Waals surface area (Å²) in [5, 5.41) is 11.3. The summed E-state index contributed by atoms with van der Waals surface area (Å²) < 4.78 is 0. The van der Waals surface area contributed by atoms with Crippen LogP contribution in [0.3, 0.4) is 0 Å². The van der Waals surface area contributed by atoms with Gasteiger partial charge in [0.15, 0.2) is 0 Å². The van der Waals surface area contributed by atoms with Crippen LogP contribution < -0.4 is 24.0 Å². The van der Waals surface area contributed by atoms with Crippen molar-refractivity contribution in [2.75, 3.05) is 0 Å². The third kappa shape index (κ3) is 2.67. The van der Waals surface area contributed by atoms with Gasteiger partial charge in [-0.25, -0.2) is 0 Å². The molecule has 1 aliphatic rings. The zero-order chi connectivity index (χ0) is 9.10. The molecule has 14 heavy (non-hydrogen) atoms. The van der Waals surface area contributed by atoms with Gasteiger partial charge in [-0.05, 0) is 31.2 Å². The van der Waals surface area contributed by atoms with E-state index in [1.54, 1.807) is 0 Å². The van der Waals surface area contributed by atoms with Gasteiger partial charge in [-0.2, -0.15) is 0 Å². The van der Waals surface area contributed by atoms with E-state index in [1.807, 2.05) is 18.2 Å². The van der Waals surface area contributed by atoms with Gasteiger partial charge in [-0.1, -0.05) is 35.9 Å². The number of hydrogen-bond acceptors (Lipinski definition) is 1. The molecule has 0 aliphatic heterocycles. The molecule has 0 saturated carbocycles. The maximum absolute atomic E-state index is 11.3. The Bertz CT molecular complexity index is 316. The van der Waals surface area contributed by atoms with Crippen molar-refractivity contribution in [3.05, 3.63) is 47.2 Å². The van der Waals surface area contributed by atoms with Crippen LogP contribution in [0.25, 0.3) is 0 Å². The number of hydrogen-bond donors (Lipinski definition) is 0. The van der Waals surface area contributed by atoms with Crippen LogP contribution in [0, 0.1) is 0 Å². The first-order valence-corrected chi connectivity index (χ1v) is 4.78. The fourth-order valence-corrected chi connectivity index (χ4v) is 1.81. The van der Waals surface area contributed by atoms with E-state index in [0.717, 1.165) is 31.3 Å². The van der Waals surface area contributed by atoms with Crippen LogP contribution in [0.5, 0.6) is 0 Å². The van der Waals surface area contributed by atoms with Crippen LogP contribution in [0.2, 0.25) is 0 Å². The van der Waals surface area contributed by atoms with Gasteiger partial charge >= 0.3 is 18.9 Å². The van der Waals surface area contributed by atoms with Crippen LogP contribution >= 0.6 is 0 Å². The Balaban J connectivity index is 0.000000980. The molecule has 0 N–H and O–H groups in total. The van der Waals surface area contributed by atoms with E-state index in [0.29, 0.717) is 5.76 Å². The van der Waals surface area contributed by atoms with Gasteiger partial charge in [-0.3, -0.25) is 0 Å². The number of benzene rings is 1. The van der Waals surface area contributed by atoms with Crippen molar-refractivity contribution in [3.8, 4) is 0 Å². The monoisotopic (exact) mass is 180 g/mol. The van der Waals surface area contributed by atoms with Crippen molar-refractivity contribution >= 4 is 0 Å². The van der Waals surface area contributed by atoms with E-state index < -0.39 is 0 Å². The summed E-state index contributed by atoms with van der Waals surface area (Å²) in [5.74, 6) is 0.379. The van der Waals surface area contributed by atoms with E-state index in [2.05, 4.69) is 12.1 Å². The molecule has 2 heteroatoms. The van der Waals surface area contributed by atoms with Crippen LogP contribution in [-0.2, 0) is 6.42 Å². The maximum atomic E-state index is 11.3. The molecule has 0 amide bonds. The SMILES string of the molecule is [Li+].[O-]C1=C(Cc2ccccc2)CCC1. The first-order chi connectivity index (χ1) is 6.36. The average Bonchev–Trinajstić information content (AvgIpc) is 2.54. The second-order valence-electron chi connectivity index (χ2n) is 3.54. The van der Waals surface area contributed by atoms with Crippen LogP contribution in [0.15, 0.2) is 41.7 Å². The Kier molecular flexibility index (Phi) is 4.32. The molecular formula is C12H13LiO. The largest absolute Gasteiger partial charge is 1.00 e. The van der Waals surface area contributed by atoms with Crippen LogP contribution in [0.4, 0.5) is 0 Å². The first-order valence-electron chi connectivity index (χ1n) is 4.78. The zero-order valence-electron chi connectivity index (χ0n) is 8.62. The summed E-state index contributed by atoms with van der Waals surface area (Å²) in [7, 11) is 0. The molecule has 68 valence electrons. The van der Waals surface area contributed by atoms with Crippen molar-refractivity contribution in [3.63, 3.8) is 0 Å². The normalized spacial score (nSPS) is 15.4. The minimum absolute atomic E-state index is 0. The third-order valence-electron chi connectivity index (χ3n) is 2.54. The molecule has 1 nitrogen and oxygen atoms in total. The fourth-order valence-electron chi connectivity index (χ4n) is 1.81. The zero-order valence-corrected chi connectivity index (χ0v) is 8.62. The average molecular weight is 180 g/mol. The van der Waals surface area contributed by atoms with Crippen molar-refractivity contribution in [2.45, 2.75) is 25.7 Å². The van der Waals surface area contributed by atoms with E-state index in [9.17, 15) is 5.11 Å². The van der Waals surface area contributed by atoms with Gasteiger partial charge in [0.1, 0.15) is 0 Å². The molecule has 0 heterocycles. The summed E-state index contributed by atoms with van der Waals surface area (Å²) in [6.07, 6.45) is 3.69. The van der Waals surface area contributed by atoms with E-state index in [-0.39, 0.29) is 18.9 Å². The molecule has 1 aromatic rings. The molecule has 0 unspecified atom stereocenters. The minimum atomic E-state index is 0. The number of rotatable bonds is 2. The molecule has 0 atom stereocenters. The van der Waals surface area contributed by atoms with Crippen LogP contribution in [0.1, 0.15) is 24.8 Å². The van der Waals surface area contributed by atoms with Crippen LogP contribution in [-0.4, -0.2) is 0 Å². The van der Waals surface area contributed by atoms with E-state index in [1.165, 1.54) is 5.56 Å². The molecule has 0 fully saturated rings. The van der Waals surface area contributed by atoms with Crippen molar-refractivity contribution in [2.24, 2.45) is 0 Å². The predicted molar refractivity (Wildman–Crippen MR) is 51.0 cm³/mol. The standard InChI is InChI=1S/C12H14O.Li/c13-12-8-4-7-11(12)9-10-5-2-1-3-6-10;/h1-3,5-6,13H,4,7-9H2;/q;+1/p-1. The summed E-state index contributed by atoms with van der Waals surface area (Å²) in [6.45, 7) is 0. The third-order valence-corrected chi connectivity index (χ3v) is 2.54. The summed E-state index contributed by atoms with van der Waals surface area (Å²) in [4.78, 5) is 0. The fraction of sp³-hybridized carbons (Fsp3) is 0.333.